The van der Waals surface area contributed by atoms with Gasteiger partial charge in [0.2, 0.25) is 0 Å². The van der Waals surface area contributed by atoms with Gasteiger partial charge in [-0.2, -0.15) is 0 Å². The molecular weight excluding hydrogens is 476 g/mol. The first-order chi connectivity index (χ1) is 19.2. The van der Waals surface area contributed by atoms with E-state index in [1.54, 1.807) is 12.1 Å². The van der Waals surface area contributed by atoms with Crippen molar-refractivity contribution in [3.05, 3.63) is 168 Å². The van der Waals surface area contributed by atoms with Crippen LogP contribution in [-0.2, 0) is 5.41 Å². The van der Waals surface area contributed by atoms with E-state index < -0.39 is 5.41 Å². The molecule has 0 atom stereocenters. The van der Waals surface area contributed by atoms with E-state index in [-0.39, 0.29) is 11.5 Å². The molecule has 2 heteroatoms. The Bertz CT molecular complexity index is 1680. The van der Waals surface area contributed by atoms with Crippen molar-refractivity contribution in [1.82, 2.24) is 0 Å². The fourth-order valence-electron chi connectivity index (χ4n) is 6.48. The van der Waals surface area contributed by atoms with E-state index in [2.05, 4.69) is 60.7 Å². The van der Waals surface area contributed by atoms with Crippen LogP contribution in [0.15, 0.2) is 146 Å². The van der Waals surface area contributed by atoms with Crippen molar-refractivity contribution in [2.75, 3.05) is 0 Å². The summed E-state index contributed by atoms with van der Waals surface area (Å²) in [5.41, 5.74) is 9.12. The highest BCUT2D eigenvalue weighted by molar-refractivity contribution is 5.92. The summed E-state index contributed by atoms with van der Waals surface area (Å²) in [7, 11) is 0. The van der Waals surface area contributed by atoms with Crippen LogP contribution in [0.3, 0.4) is 0 Å². The average Bonchev–Trinajstić information content (AvgIpc) is 3.29. The lowest BCUT2D eigenvalue weighted by molar-refractivity contribution is 0.475. The van der Waals surface area contributed by atoms with Crippen LogP contribution >= 0.6 is 0 Å². The summed E-state index contributed by atoms with van der Waals surface area (Å²) in [5.74, 6) is 0.447. The van der Waals surface area contributed by atoms with Gasteiger partial charge >= 0.3 is 0 Å². The molecule has 0 radical (unpaired) electrons. The molecule has 6 aromatic rings. The molecule has 6 aromatic carbocycles. The standard InChI is InChI=1S/C37H26O2/c38-33-23-11-21-31(35(33)25-13-3-1-4-14-25)37(29-19-9-7-17-27(29)28-18-8-10-20-30(28)37)32-22-12-24-34(39)36(32)26-15-5-2-6-16-26/h1-24,38-39H. The minimum atomic E-state index is -0.805. The first-order valence-corrected chi connectivity index (χ1v) is 13.2. The normalized spacial score (nSPS) is 13.0. The van der Waals surface area contributed by atoms with E-state index in [1.807, 2.05) is 72.8 Å². The van der Waals surface area contributed by atoms with E-state index in [0.717, 1.165) is 55.6 Å². The number of fused-ring (bicyclic) bond motifs is 3. The predicted octanol–water partition coefficient (Wildman–Crippen LogP) is 8.79. The summed E-state index contributed by atoms with van der Waals surface area (Å²) in [5, 5.41) is 22.9. The van der Waals surface area contributed by atoms with Gasteiger partial charge in [-0.3, -0.25) is 0 Å². The average molecular weight is 503 g/mol. The minimum Gasteiger partial charge on any atom is -0.507 e. The summed E-state index contributed by atoms with van der Waals surface area (Å²) < 4.78 is 0. The molecular formula is C37H26O2. The lowest BCUT2D eigenvalue weighted by Crippen LogP contribution is -2.30. The molecule has 1 aliphatic carbocycles. The van der Waals surface area contributed by atoms with E-state index >= 15 is 0 Å². The summed E-state index contributed by atoms with van der Waals surface area (Å²) in [6, 6.07) is 48.8. The maximum absolute atomic E-state index is 11.5. The minimum absolute atomic E-state index is 0.223. The predicted molar refractivity (Wildman–Crippen MR) is 158 cm³/mol. The lowest BCUT2D eigenvalue weighted by atomic mass is 9.64. The number of benzene rings is 6. The van der Waals surface area contributed by atoms with Crippen molar-refractivity contribution < 1.29 is 10.2 Å². The maximum Gasteiger partial charge on any atom is 0.123 e. The van der Waals surface area contributed by atoms with Gasteiger partial charge in [-0.25, -0.2) is 0 Å². The molecule has 2 nitrogen and oxygen atoms in total. The molecule has 7 rings (SSSR count). The van der Waals surface area contributed by atoms with Gasteiger partial charge in [-0.15, -0.1) is 0 Å². The molecule has 0 bridgehead atoms. The number of phenolic OH excluding ortho intramolecular Hbond substituents is 2. The Kier molecular flexibility index (Phi) is 5.35. The van der Waals surface area contributed by atoms with Gasteiger partial charge in [-0.05, 0) is 56.6 Å². The van der Waals surface area contributed by atoms with Crippen molar-refractivity contribution in [2.24, 2.45) is 0 Å². The Morgan fingerprint density at radius 2 is 0.692 bits per heavy atom. The summed E-state index contributed by atoms with van der Waals surface area (Å²) in [4.78, 5) is 0. The molecule has 0 saturated heterocycles. The molecule has 186 valence electrons. The quantitative estimate of drug-likeness (QED) is 0.252. The Hall–Kier alpha value is -5.08. The molecule has 0 amide bonds. The van der Waals surface area contributed by atoms with Gasteiger partial charge in [0.1, 0.15) is 11.5 Å². The number of hydrogen-bond acceptors (Lipinski definition) is 2. The summed E-state index contributed by atoms with van der Waals surface area (Å²) in [6.07, 6.45) is 0. The van der Waals surface area contributed by atoms with Gasteiger partial charge in [0, 0.05) is 11.1 Å². The van der Waals surface area contributed by atoms with Crippen molar-refractivity contribution in [1.29, 1.82) is 0 Å². The third-order valence-corrected chi connectivity index (χ3v) is 7.97. The zero-order valence-corrected chi connectivity index (χ0v) is 21.3. The fraction of sp³-hybridized carbons (Fsp3) is 0.0270. The van der Waals surface area contributed by atoms with Crippen LogP contribution in [0, 0.1) is 0 Å². The van der Waals surface area contributed by atoms with Crippen molar-refractivity contribution in [2.45, 2.75) is 5.41 Å². The number of hydrogen-bond donors (Lipinski definition) is 2. The molecule has 0 spiro atoms. The van der Waals surface area contributed by atoms with Gasteiger partial charge in [0.15, 0.2) is 0 Å². The number of rotatable bonds is 4. The third kappa shape index (κ3) is 3.35. The van der Waals surface area contributed by atoms with E-state index in [9.17, 15) is 10.2 Å². The largest absolute Gasteiger partial charge is 0.507 e. The molecule has 0 aliphatic heterocycles. The van der Waals surface area contributed by atoms with Crippen LogP contribution < -0.4 is 0 Å². The van der Waals surface area contributed by atoms with E-state index in [0.29, 0.717) is 0 Å². The lowest BCUT2D eigenvalue weighted by Gasteiger charge is -2.37. The highest BCUT2D eigenvalue weighted by Crippen LogP contribution is 2.60. The molecule has 0 saturated carbocycles. The molecule has 39 heavy (non-hydrogen) atoms. The zero-order chi connectivity index (χ0) is 26.4. The monoisotopic (exact) mass is 502 g/mol. The maximum atomic E-state index is 11.5. The van der Waals surface area contributed by atoms with Crippen LogP contribution in [0.25, 0.3) is 33.4 Å². The molecule has 0 heterocycles. The van der Waals surface area contributed by atoms with Crippen molar-refractivity contribution in [3.8, 4) is 44.9 Å². The Labute approximate surface area is 228 Å². The Balaban J connectivity index is 1.71. The smallest absolute Gasteiger partial charge is 0.123 e. The van der Waals surface area contributed by atoms with Crippen LogP contribution in [0.5, 0.6) is 11.5 Å². The molecule has 2 N–H and O–H groups in total. The fourth-order valence-corrected chi connectivity index (χ4v) is 6.48. The zero-order valence-electron chi connectivity index (χ0n) is 21.3. The van der Waals surface area contributed by atoms with Crippen molar-refractivity contribution >= 4 is 0 Å². The molecule has 1 aliphatic rings. The van der Waals surface area contributed by atoms with Crippen LogP contribution in [0.2, 0.25) is 0 Å². The van der Waals surface area contributed by atoms with Gasteiger partial charge in [-0.1, -0.05) is 133 Å². The Morgan fingerprint density at radius 1 is 0.333 bits per heavy atom. The van der Waals surface area contributed by atoms with Crippen LogP contribution in [0.1, 0.15) is 22.3 Å². The number of phenols is 2. The number of aromatic hydroxyl groups is 2. The first-order valence-electron chi connectivity index (χ1n) is 13.2. The van der Waals surface area contributed by atoms with Gasteiger partial charge in [0.05, 0.1) is 5.41 Å². The highest BCUT2D eigenvalue weighted by atomic mass is 16.3. The second-order valence-corrected chi connectivity index (χ2v) is 9.97. The molecule has 0 fully saturated rings. The highest BCUT2D eigenvalue weighted by Gasteiger charge is 2.49. The van der Waals surface area contributed by atoms with Crippen LogP contribution in [-0.4, -0.2) is 10.2 Å². The SMILES string of the molecule is Oc1cccc(C2(c3cccc(O)c3-c3ccccc3)c3ccccc3-c3ccccc32)c1-c1ccccc1. The van der Waals surface area contributed by atoms with Gasteiger partial charge in [0.25, 0.3) is 0 Å². The molecule has 0 unspecified atom stereocenters. The second-order valence-electron chi connectivity index (χ2n) is 9.97. The van der Waals surface area contributed by atoms with Crippen LogP contribution in [0.4, 0.5) is 0 Å². The second kappa shape index (κ2) is 9.04. The molecule has 0 aromatic heterocycles. The van der Waals surface area contributed by atoms with Gasteiger partial charge < -0.3 is 10.2 Å². The topological polar surface area (TPSA) is 40.5 Å². The summed E-state index contributed by atoms with van der Waals surface area (Å²) >= 11 is 0. The van der Waals surface area contributed by atoms with Crippen molar-refractivity contribution in [3.63, 3.8) is 0 Å². The first kappa shape index (κ1) is 23.1. The van der Waals surface area contributed by atoms with E-state index in [4.69, 9.17) is 0 Å². The Morgan fingerprint density at radius 3 is 1.13 bits per heavy atom. The van der Waals surface area contributed by atoms with E-state index in [1.165, 1.54) is 0 Å². The summed E-state index contributed by atoms with van der Waals surface area (Å²) in [6.45, 7) is 0. The third-order valence-electron chi connectivity index (χ3n) is 7.97.